The van der Waals surface area contributed by atoms with E-state index in [2.05, 4.69) is 13.8 Å². The zero-order valence-electron chi connectivity index (χ0n) is 13.1. The molecule has 3 heteroatoms. The van der Waals surface area contributed by atoms with E-state index in [1.165, 1.54) is 25.7 Å². The minimum Gasteiger partial charge on any atom is -0.381 e. The van der Waals surface area contributed by atoms with Crippen molar-refractivity contribution in [2.75, 3.05) is 39.6 Å². The Morgan fingerprint density at radius 1 is 0.421 bits per heavy atom. The van der Waals surface area contributed by atoms with E-state index in [-0.39, 0.29) is 0 Å². The van der Waals surface area contributed by atoms with Crippen LogP contribution in [0.1, 0.15) is 65.2 Å². The predicted molar refractivity (Wildman–Crippen MR) is 80.7 cm³/mol. The summed E-state index contributed by atoms with van der Waals surface area (Å²) in [5, 5.41) is 0. The van der Waals surface area contributed by atoms with Crippen molar-refractivity contribution in [1.29, 1.82) is 0 Å². The highest BCUT2D eigenvalue weighted by Crippen LogP contribution is 1.97. The van der Waals surface area contributed by atoms with Gasteiger partial charge in [0.25, 0.3) is 0 Å². The number of ether oxygens (including phenoxy) is 3. The van der Waals surface area contributed by atoms with Crippen LogP contribution in [0.2, 0.25) is 0 Å². The van der Waals surface area contributed by atoms with E-state index in [0.29, 0.717) is 0 Å². The standard InChI is InChI=1S/C16H34O3/c1-3-5-11-17-13-7-9-15-19-16-10-8-14-18-12-6-4-2/h3-16H2,1-2H3. The molecule has 0 spiro atoms. The molecule has 0 radical (unpaired) electrons. The molecule has 0 atom stereocenters. The smallest absolute Gasteiger partial charge is 0.0466 e. The van der Waals surface area contributed by atoms with Crippen LogP contribution < -0.4 is 0 Å². The first-order valence-electron chi connectivity index (χ1n) is 8.15. The van der Waals surface area contributed by atoms with Gasteiger partial charge < -0.3 is 14.2 Å². The van der Waals surface area contributed by atoms with E-state index in [1.54, 1.807) is 0 Å². The third-order valence-electron chi connectivity index (χ3n) is 2.94. The molecule has 0 amide bonds. The fourth-order valence-corrected chi connectivity index (χ4v) is 1.62. The van der Waals surface area contributed by atoms with Gasteiger partial charge in [0, 0.05) is 39.6 Å². The summed E-state index contributed by atoms with van der Waals surface area (Å²) in [4.78, 5) is 0. The van der Waals surface area contributed by atoms with E-state index in [4.69, 9.17) is 14.2 Å². The Morgan fingerprint density at radius 2 is 0.684 bits per heavy atom. The Kier molecular flexibility index (Phi) is 17.8. The topological polar surface area (TPSA) is 27.7 Å². The fourth-order valence-electron chi connectivity index (χ4n) is 1.62. The van der Waals surface area contributed by atoms with Gasteiger partial charge in [-0.05, 0) is 38.5 Å². The predicted octanol–water partition coefficient (Wildman–Crippen LogP) is 4.20. The Hall–Kier alpha value is -0.120. The van der Waals surface area contributed by atoms with E-state index >= 15 is 0 Å². The Bertz CT molecular complexity index is 135. The van der Waals surface area contributed by atoms with Crippen molar-refractivity contribution in [2.45, 2.75) is 65.2 Å². The van der Waals surface area contributed by atoms with Crippen LogP contribution in [-0.2, 0) is 14.2 Å². The van der Waals surface area contributed by atoms with Gasteiger partial charge in [-0.15, -0.1) is 0 Å². The average Bonchev–Trinajstić information content (AvgIpc) is 2.43. The lowest BCUT2D eigenvalue weighted by molar-refractivity contribution is 0.0895. The van der Waals surface area contributed by atoms with Crippen LogP contribution in [0.25, 0.3) is 0 Å². The first-order valence-corrected chi connectivity index (χ1v) is 8.15. The summed E-state index contributed by atoms with van der Waals surface area (Å²) in [5.41, 5.74) is 0. The second-order valence-electron chi connectivity index (χ2n) is 4.96. The molecular formula is C16H34O3. The first kappa shape index (κ1) is 18.9. The minimum absolute atomic E-state index is 0.869. The van der Waals surface area contributed by atoms with Crippen LogP contribution in [-0.4, -0.2) is 39.6 Å². The highest BCUT2D eigenvalue weighted by Gasteiger charge is 1.93. The van der Waals surface area contributed by atoms with Crippen molar-refractivity contribution < 1.29 is 14.2 Å². The van der Waals surface area contributed by atoms with Gasteiger partial charge in [0.15, 0.2) is 0 Å². The zero-order chi connectivity index (χ0) is 14.0. The molecule has 0 aliphatic rings. The van der Waals surface area contributed by atoms with Gasteiger partial charge in [0.1, 0.15) is 0 Å². The molecule has 19 heavy (non-hydrogen) atoms. The Labute approximate surface area is 120 Å². The van der Waals surface area contributed by atoms with Crippen LogP contribution in [0.4, 0.5) is 0 Å². The third kappa shape index (κ3) is 17.9. The molecule has 0 aliphatic carbocycles. The molecule has 0 N–H and O–H groups in total. The van der Waals surface area contributed by atoms with Crippen molar-refractivity contribution in [1.82, 2.24) is 0 Å². The van der Waals surface area contributed by atoms with Crippen LogP contribution >= 0.6 is 0 Å². The third-order valence-corrected chi connectivity index (χ3v) is 2.94. The summed E-state index contributed by atoms with van der Waals surface area (Å²) in [7, 11) is 0. The van der Waals surface area contributed by atoms with E-state index < -0.39 is 0 Å². The van der Waals surface area contributed by atoms with Gasteiger partial charge in [-0.1, -0.05) is 26.7 Å². The van der Waals surface area contributed by atoms with Gasteiger partial charge >= 0.3 is 0 Å². The molecule has 0 aromatic rings. The molecule has 0 saturated carbocycles. The Morgan fingerprint density at radius 3 is 0.947 bits per heavy atom. The summed E-state index contributed by atoms with van der Waals surface area (Å²) in [6.45, 7) is 9.70. The van der Waals surface area contributed by atoms with Crippen LogP contribution in [0.3, 0.4) is 0 Å². The highest BCUT2D eigenvalue weighted by molar-refractivity contribution is 4.42. The summed E-state index contributed by atoms with van der Waals surface area (Å²) in [6, 6.07) is 0. The fraction of sp³-hybridized carbons (Fsp3) is 1.00. The Balaban J connectivity index is 2.88. The van der Waals surface area contributed by atoms with Gasteiger partial charge in [-0.25, -0.2) is 0 Å². The maximum Gasteiger partial charge on any atom is 0.0466 e. The second kappa shape index (κ2) is 17.9. The SMILES string of the molecule is CCCCOCCCCOCCCCOCCCC. The number of hydrogen-bond donors (Lipinski definition) is 0. The lowest BCUT2D eigenvalue weighted by Crippen LogP contribution is -2.02. The zero-order valence-corrected chi connectivity index (χ0v) is 13.1. The van der Waals surface area contributed by atoms with E-state index in [9.17, 15) is 0 Å². The molecule has 0 bridgehead atoms. The molecule has 0 heterocycles. The van der Waals surface area contributed by atoms with Gasteiger partial charge in [0.2, 0.25) is 0 Å². The van der Waals surface area contributed by atoms with Crippen LogP contribution in [0.5, 0.6) is 0 Å². The molecule has 0 fully saturated rings. The largest absolute Gasteiger partial charge is 0.381 e. The van der Waals surface area contributed by atoms with Crippen LogP contribution in [0, 0.1) is 0 Å². The lowest BCUT2D eigenvalue weighted by atomic mass is 10.3. The monoisotopic (exact) mass is 274 g/mol. The quantitative estimate of drug-likeness (QED) is 0.395. The van der Waals surface area contributed by atoms with Gasteiger partial charge in [0.05, 0.1) is 0 Å². The molecule has 3 nitrogen and oxygen atoms in total. The van der Waals surface area contributed by atoms with Crippen LogP contribution in [0.15, 0.2) is 0 Å². The van der Waals surface area contributed by atoms with Crippen molar-refractivity contribution in [3.8, 4) is 0 Å². The maximum atomic E-state index is 5.58. The summed E-state index contributed by atoms with van der Waals surface area (Å²) >= 11 is 0. The van der Waals surface area contributed by atoms with Crippen molar-refractivity contribution in [3.05, 3.63) is 0 Å². The normalized spacial score (nSPS) is 11.1. The molecular weight excluding hydrogens is 240 g/mol. The molecule has 0 aromatic carbocycles. The van der Waals surface area contributed by atoms with Crippen molar-refractivity contribution >= 4 is 0 Å². The molecule has 0 aliphatic heterocycles. The van der Waals surface area contributed by atoms with Gasteiger partial charge in [-0.2, -0.15) is 0 Å². The second-order valence-corrected chi connectivity index (χ2v) is 4.96. The summed E-state index contributed by atoms with van der Waals surface area (Å²) < 4.78 is 16.6. The first-order chi connectivity index (χ1) is 9.41. The molecule has 0 saturated heterocycles. The highest BCUT2D eigenvalue weighted by atomic mass is 16.5. The summed E-state index contributed by atoms with van der Waals surface area (Å²) in [5.74, 6) is 0. The number of hydrogen-bond acceptors (Lipinski definition) is 3. The van der Waals surface area contributed by atoms with E-state index in [1.807, 2.05) is 0 Å². The van der Waals surface area contributed by atoms with Gasteiger partial charge in [-0.3, -0.25) is 0 Å². The van der Waals surface area contributed by atoms with Crippen molar-refractivity contribution in [3.63, 3.8) is 0 Å². The maximum absolute atomic E-state index is 5.58. The number of rotatable bonds is 16. The average molecular weight is 274 g/mol. The molecule has 0 rings (SSSR count). The number of unbranched alkanes of at least 4 members (excludes halogenated alkanes) is 4. The summed E-state index contributed by atoms with van der Waals surface area (Å²) in [6.07, 6.45) is 9.23. The van der Waals surface area contributed by atoms with E-state index in [0.717, 1.165) is 65.3 Å². The lowest BCUT2D eigenvalue weighted by Gasteiger charge is -2.06. The molecule has 0 aromatic heterocycles. The minimum atomic E-state index is 0.869. The van der Waals surface area contributed by atoms with Crippen molar-refractivity contribution in [2.24, 2.45) is 0 Å². The molecule has 116 valence electrons. The molecule has 0 unspecified atom stereocenters.